The maximum Gasteiger partial charge on any atom is 0.321 e. The number of carbonyl (C=O) groups is 2. The lowest BCUT2D eigenvalue weighted by Gasteiger charge is -2.35. The number of halogens is 1. The van der Waals surface area contributed by atoms with E-state index in [0.717, 1.165) is 0 Å². The number of rotatable bonds is 5. The number of imide groups is 1. The Morgan fingerprint density at radius 2 is 1.83 bits per heavy atom. The van der Waals surface area contributed by atoms with Crippen LogP contribution in [0.5, 0.6) is 0 Å². The Morgan fingerprint density at radius 3 is 2.48 bits per heavy atom. The number of piperazine rings is 1. The Hall–Kier alpha value is -2.91. The molecule has 2 aromatic rings. The minimum absolute atomic E-state index is 0.117. The monoisotopic (exact) mass is 418 g/mol. The molecule has 1 aromatic carbocycles. The van der Waals surface area contributed by atoms with E-state index in [1.165, 1.54) is 4.68 Å². The lowest BCUT2D eigenvalue weighted by molar-refractivity contribution is -0.121. The molecule has 1 aliphatic rings. The van der Waals surface area contributed by atoms with Gasteiger partial charge in [0.25, 0.3) is 5.56 Å². The predicted molar refractivity (Wildman–Crippen MR) is 111 cm³/mol. The molecule has 0 atom stereocenters. The van der Waals surface area contributed by atoms with Crippen molar-refractivity contribution in [3.8, 4) is 5.69 Å². The molecule has 29 heavy (non-hydrogen) atoms. The van der Waals surface area contributed by atoms with Gasteiger partial charge in [0.05, 0.1) is 24.1 Å². The summed E-state index contributed by atoms with van der Waals surface area (Å²) in [7, 11) is 0. The summed E-state index contributed by atoms with van der Waals surface area (Å²) < 4.78 is 1.27. The zero-order valence-corrected chi connectivity index (χ0v) is 16.9. The molecule has 154 valence electrons. The van der Waals surface area contributed by atoms with Crippen LogP contribution in [-0.4, -0.2) is 65.9 Å². The summed E-state index contributed by atoms with van der Waals surface area (Å²) in [5.41, 5.74) is 0.850. The third-order valence-electron chi connectivity index (χ3n) is 4.57. The zero-order chi connectivity index (χ0) is 20.8. The lowest BCUT2D eigenvalue weighted by atomic mass is 10.2. The van der Waals surface area contributed by atoms with Gasteiger partial charge in [-0.3, -0.25) is 19.8 Å². The van der Waals surface area contributed by atoms with Gasteiger partial charge in [0.15, 0.2) is 0 Å². The number of benzene rings is 1. The molecular formula is C19H23ClN6O3. The highest BCUT2D eigenvalue weighted by Crippen LogP contribution is 2.23. The molecule has 0 radical (unpaired) electrons. The average molecular weight is 419 g/mol. The minimum Gasteiger partial charge on any atom is -0.366 e. The molecule has 2 heterocycles. The highest BCUT2D eigenvalue weighted by Gasteiger charge is 2.23. The van der Waals surface area contributed by atoms with E-state index in [9.17, 15) is 14.4 Å². The van der Waals surface area contributed by atoms with Crippen LogP contribution in [0, 0.1) is 0 Å². The van der Waals surface area contributed by atoms with Gasteiger partial charge in [-0.05, 0) is 19.1 Å². The molecule has 0 aliphatic carbocycles. The van der Waals surface area contributed by atoms with E-state index < -0.39 is 6.03 Å². The number of para-hydroxylation sites is 1. The van der Waals surface area contributed by atoms with E-state index in [1.54, 1.807) is 25.3 Å². The fraction of sp³-hybridized carbons (Fsp3) is 0.368. The van der Waals surface area contributed by atoms with Gasteiger partial charge in [0.1, 0.15) is 5.02 Å². The van der Waals surface area contributed by atoms with Crippen molar-refractivity contribution in [1.29, 1.82) is 0 Å². The van der Waals surface area contributed by atoms with Crippen molar-refractivity contribution in [3.05, 3.63) is 51.9 Å². The number of urea groups is 1. The van der Waals surface area contributed by atoms with E-state index >= 15 is 0 Å². The number of nitrogens with one attached hydrogen (secondary N) is 2. The highest BCUT2D eigenvalue weighted by atomic mass is 35.5. The molecule has 0 unspecified atom stereocenters. The molecule has 3 amide bonds. The molecule has 3 rings (SSSR count). The number of amides is 3. The molecule has 0 spiro atoms. The van der Waals surface area contributed by atoms with Crippen LogP contribution in [-0.2, 0) is 4.79 Å². The molecule has 2 N–H and O–H groups in total. The van der Waals surface area contributed by atoms with Gasteiger partial charge in [-0.25, -0.2) is 4.79 Å². The number of aromatic nitrogens is 2. The van der Waals surface area contributed by atoms with Gasteiger partial charge in [-0.1, -0.05) is 29.8 Å². The predicted octanol–water partition coefficient (Wildman–Crippen LogP) is 0.854. The van der Waals surface area contributed by atoms with Gasteiger partial charge >= 0.3 is 6.03 Å². The molecule has 1 aromatic heterocycles. The smallest absolute Gasteiger partial charge is 0.321 e. The molecule has 1 saturated heterocycles. The number of hydrogen-bond acceptors (Lipinski definition) is 6. The van der Waals surface area contributed by atoms with Crippen LogP contribution in [0.4, 0.5) is 10.5 Å². The normalized spacial score (nSPS) is 14.5. The second-order valence-corrected chi connectivity index (χ2v) is 6.95. The van der Waals surface area contributed by atoms with Gasteiger partial charge < -0.3 is 10.2 Å². The van der Waals surface area contributed by atoms with Crippen molar-refractivity contribution >= 4 is 29.2 Å². The van der Waals surface area contributed by atoms with E-state index in [4.69, 9.17) is 11.6 Å². The standard InChI is InChI=1S/C19H23ClN6O3/c1-2-21-19(29)23-16(27)13-24-8-10-25(11-9-24)15-12-22-26(18(28)17(15)20)14-6-4-3-5-7-14/h3-7,12H,2,8-11,13H2,1H3,(H2,21,23,27,29). The maximum absolute atomic E-state index is 12.6. The molecule has 0 saturated carbocycles. The first kappa shape index (κ1) is 20.8. The molecular weight excluding hydrogens is 396 g/mol. The third-order valence-corrected chi connectivity index (χ3v) is 4.93. The maximum atomic E-state index is 12.6. The summed E-state index contributed by atoms with van der Waals surface area (Å²) in [5, 5.41) is 9.18. The summed E-state index contributed by atoms with van der Waals surface area (Å²) >= 11 is 6.35. The molecule has 10 heteroatoms. The quantitative estimate of drug-likeness (QED) is 0.747. The Labute approximate surface area is 173 Å². The van der Waals surface area contributed by atoms with Crippen LogP contribution in [0.1, 0.15) is 6.92 Å². The van der Waals surface area contributed by atoms with E-state index in [-0.39, 0.29) is 23.0 Å². The van der Waals surface area contributed by atoms with Crippen molar-refractivity contribution in [1.82, 2.24) is 25.3 Å². The van der Waals surface area contributed by atoms with E-state index in [1.807, 2.05) is 28.0 Å². The Balaban J connectivity index is 1.61. The summed E-state index contributed by atoms with van der Waals surface area (Å²) in [4.78, 5) is 39.9. The molecule has 1 aliphatic heterocycles. The summed E-state index contributed by atoms with van der Waals surface area (Å²) in [5.74, 6) is -0.352. The topological polar surface area (TPSA) is 99.6 Å². The molecule has 9 nitrogen and oxygen atoms in total. The largest absolute Gasteiger partial charge is 0.366 e. The van der Waals surface area contributed by atoms with Crippen LogP contribution >= 0.6 is 11.6 Å². The molecule has 0 bridgehead atoms. The van der Waals surface area contributed by atoms with Crippen LogP contribution < -0.4 is 21.1 Å². The lowest BCUT2D eigenvalue weighted by Crippen LogP contribution is -2.51. The van der Waals surface area contributed by atoms with Gasteiger partial charge in [0.2, 0.25) is 5.91 Å². The Kier molecular flexibility index (Phi) is 6.84. The first-order chi connectivity index (χ1) is 14.0. The number of anilines is 1. The minimum atomic E-state index is -0.493. The van der Waals surface area contributed by atoms with Crippen LogP contribution in [0.3, 0.4) is 0 Å². The van der Waals surface area contributed by atoms with Crippen molar-refractivity contribution in [2.75, 3.05) is 44.2 Å². The highest BCUT2D eigenvalue weighted by molar-refractivity contribution is 6.33. The first-order valence-corrected chi connectivity index (χ1v) is 9.75. The van der Waals surface area contributed by atoms with Gasteiger partial charge in [-0.2, -0.15) is 9.78 Å². The van der Waals surface area contributed by atoms with Crippen molar-refractivity contribution in [3.63, 3.8) is 0 Å². The fourth-order valence-electron chi connectivity index (χ4n) is 3.12. The first-order valence-electron chi connectivity index (χ1n) is 9.38. The van der Waals surface area contributed by atoms with Crippen molar-refractivity contribution in [2.45, 2.75) is 6.92 Å². The Bertz CT molecular complexity index is 925. The van der Waals surface area contributed by atoms with Crippen LogP contribution in [0.15, 0.2) is 41.3 Å². The van der Waals surface area contributed by atoms with Crippen molar-refractivity contribution in [2.24, 2.45) is 0 Å². The van der Waals surface area contributed by atoms with Crippen LogP contribution in [0.25, 0.3) is 5.69 Å². The summed E-state index contributed by atoms with van der Waals surface area (Å²) in [6.07, 6.45) is 1.59. The average Bonchev–Trinajstić information content (AvgIpc) is 2.71. The SMILES string of the molecule is CCNC(=O)NC(=O)CN1CCN(c2cnn(-c3ccccc3)c(=O)c2Cl)CC1. The fourth-order valence-corrected chi connectivity index (χ4v) is 3.37. The van der Waals surface area contributed by atoms with Crippen LogP contribution in [0.2, 0.25) is 5.02 Å². The van der Waals surface area contributed by atoms with Gasteiger partial charge in [-0.15, -0.1) is 0 Å². The van der Waals surface area contributed by atoms with Crippen molar-refractivity contribution < 1.29 is 9.59 Å². The number of nitrogens with zero attached hydrogens (tertiary/aromatic N) is 4. The summed E-state index contributed by atoms with van der Waals surface area (Å²) in [6.45, 7) is 4.74. The van der Waals surface area contributed by atoms with E-state index in [2.05, 4.69) is 15.7 Å². The van der Waals surface area contributed by atoms with E-state index in [0.29, 0.717) is 44.1 Å². The summed E-state index contributed by atoms with van der Waals surface area (Å²) in [6, 6.07) is 8.59. The molecule has 1 fully saturated rings. The third kappa shape index (κ3) is 5.12. The van der Waals surface area contributed by atoms with Gasteiger partial charge in [0, 0.05) is 32.7 Å². The second kappa shape index (κ2) is 9.53. The number of carbonyl (C=O) groups excluding carboxylic acids is 2. The second-order valence-electron chi connectivity index (χ2n) is 6.57. The number of hydrogen-bond donors (Lipinski definition) is 2. The zero-order valence-electron chi connectivity index (χ0n) is 16.1. The Morgan fingerprint density at radius 1 is 1.14 bits per heavy atom.